The quantitative estimate of drug-likeness (QED) is 0.173. The van der Waals surface area contributed by atoms with Crippen LogP contribution in [0.25, 0.3) is 0 Å². The Kier molecular flexibility index (Phi) is 9.72. The van der Waals surface area contributed by atoms with Crippen LogP contribution in [0.15, 0.2) is 126 Å². The van der Waals surface area contributed by atoms with Gasteiger partial charge in [-0.05, 0) is 65.8 Å². The first-order valence-corrected chi connectivity index (χ1v) is 15.9. The second-order valence-corrected chi connectivity index (χ2v) is 11.8. The molecule has 4 aromatic carbocycles. The summed E-state index contributed by atoms with van der Waals surface area (Å²) >= 11 is 0. The number of methoxy groups -OCH3 is 2. The molecule has 0 saturated carbocycles. The van der Waals surface area contributed by atoms with E-state index >= 15 is 0 Å². The van der Waals surface area contributed by atoms with Gasteiger partial charge in [0.05, 0.1) is 26.4 Å². The van der Waals surface area contributed by atoms with Gasteiger partial charge in [-0.15, -0.1) is 0 Å². The fourth-order valence-corrected chi connectivity index (χ4v) is 6.46. The number of hydrogen-bond donors (Lipinski definition) is 1. The molecule has 1 heterocycles. The van der Waals surface area contributed by atoms with E-state index < -0.39 is 11.9 Å². The minimum absolute atomic E-state index is 0.00391. The Labute approximate surface area is 275 Å². The van der Waals surface area contributed by atoms with Crippen molar-refractivity contribution in [3.63, 3.8) is 0 Å². The number of hydrogen-bond acceptors (Lipinski definition) is 7. The van der Waals surface area contributed by atoms with E-state index in [0.717, 1.165) is 33.7 Å². The molecule has 2 atom stereocenters. The minimum Gasteiger partial charge on any atom is -0.497 e. The smallest absolute Gasteiger partial charge is 0.336 e. The third-order valence-electron chi connectivity index (χ3n) is 8.86. The van der Waals surface area contributed by atoms with Gasteiger partial charge in [0.15, 0.2) is 17.3 Å². The van der Waals surface area contributed by atoms with Crippen LogP contribution in [0.4, 0.5) is 0 Å². The zero-order valence-electron chi connectivity index (χ0n) is 27.0. The molecule has 6 rings (SSSR count). The number of esters is 1. The van der Waals surface area contributed by atoms with Gasteiger partial charge in [-0.25, -0.2) is 4.79 Å². The largest absolute Gasteiger partial charge is 0.497 e. The van der Waals surface area contributed by atoms with Crippen LogP contribution in [-0.4, -0.2) is 32.6 Å². The van der Waals surface area contributed by atoms with E-state index in [0.29, 0.717) is 54.2 Å². The first kappa shape index (κ1) is 31.7. The van der Waals surface area contributed by atoms with Crippen LogP contribution in [0, 0.1) is 0 Å². The highest BCUT2D eigenvalue weighted by atomic mass is 16.5. The number of ketones is 1. The Balaban J connectivity index is 1.33. The minimum atomic E-state index is -0.628. The van der Waals surface area contributed by atoms with E-state index in [1.807, 2.05) is 110 Å². The van der Waals surface area contributed by atoms with Gasteiger partial charge < -0.3 is 24.3 Å². The molecule has 1 aliphatic carbocycles. The molecule has 240 valence electrons. The Morgan fingerprint density at radius 2 is 1.47 bits per heavy atom. The van der Waals surface area contributed by atoms with Crippen LogP contribution < -0.4 is 19.5 Å². The fourth-order valence-electron chi connectivity index (χ4n) is 6.46. The van der Waals surface area contributed by atoms with Crippen LogP contribution in [0.5, 0.6) is 17.2 Å². The lowest BCUT2D eigenvalue weighted by Gasteiger charge is -2.37. The molecule has 0 saturated heterocycles. The van der Waals surface area contributed by atoms with Crippen molar-refractivity contribution < 1.29 is 28.5 Å². The van der Waals surface area contributed by atoms with Gasteiger partial charge in [0.25, 0.3) is 0 Å². The lowest BCUT2D eigenvalue weighted by molar-refractivity contribution is -0.139. The van der Waals surface area contributed by atoms with E-state index in [2.05, 4.69) is 5.32 Å². The van der Waals surface area contributed by atoms with Gasteiger partial charge in [-0.3, -0.25) is 4.79 Å². The molecule has 7 heteroatoms. The van der Waals surface area contributed by atoms with E-state index in [-0.39, 0.29) is 18.3 Å². The van der Waals surface area contributed by atoms with Gasteiger partial charge >= 0.3 is 5.97 Å². The van der Waals surface area contributed by atoms with Crippen molar-refractivity contribution in [2.45, 2.75) is 44.6 Å². The van der Waals surface area contributed by atoms with Crippen molar-refractivity contribution in [3.8, 4) is 17.2 Å². The molecule has 47 heavy (non-hydrogen) atoms. The van der Waals surface area contributed by atoms with Crippen LogP contribution in [0.1, 0.15) is 53.9 Å². The van der Waals surface area contributed by atoms with Crippen molar-refractivity contribution in [2.24, 2.45) is 0 Å². The summed E-state index contributed by atoms with van der Waals surface area (Å²) in [4.78, 5) is 28.0. The predicted octanol–water partition coefficient (Wildman–Crippen LogP) is 7.43. The zero-order valence-corrected chi connectivity index (χ0v) is 27.0. The molecular formula is C40H39NO6. The van der Waals surface area contributed by atoms with Gasteiger partial charge in [0, 0.05) is 35.7 Å². The van der Waals surface area contributed by atoms with Crippen LogP contribution in [0.2, 0.25) is 0 Å². The number of carbonyl (C=O) groups excluding carboxylic acids is 2. The molecule has 0 radical (unpaired) electrons. The maximum absolute atomic E-state index is 14.1. The molecule has 4 aromatic rings. The summed E-state index contributed by atoms with van der Waals surface area (Å²) in [5.41, 5.74) is 6.46. The Morgan fingerprint density at radius 3 is 2.15 bits per heavy atom. The summed E-state index contributed by atoms with van der Waals surface area (Å²) in [6.45, 7) is 2.48. The maximum atomic E-state index is 14.1. The first-order chi connectivity index (χ1) is 22.9. The molecule has 0 spiro atoms. The standard InChI is InChI=1S/C40H39NO6/c1-26-37(40(43)46-21-20-27-10-6-4-7-11-27)38(30-16-19-35(36(24-30)45-3)47-25-28-12-8-5-9-13-28)39-33(41-26)22-31(23-34(39)42)29-14-17-32(44-2)18-15-29/h4-19,24,31,38,41H,20-23,25H2,1-3H3. The van der Waals surface area contributed by atoms with Gasteiger partial charge in [0.1, 0.15) is 12.4 Å². The average Bonchev–Trinajstić information content (AvgIpc) is 3.10. The molecular weight excluding hydrogens is 590 g/mol. The third kappa shape index (κ3) is 7.09. The highest BCUT2D eigenvalue weighted by molar-refractivity contribution is 6.04. The Morgan fingerprint density at radius 1 is 0.787 bits per heavy atom. The second kappa shape index (κ2) is 14.4. The van der Waals surface area contributed by atoms with Crippen LogP contribution in [0.3, 0.4) is 0 Å². The lowest BCUT2D eigenvalue weighted by atomic mass is 9.71. The number of benzene rings is 4. The molecule has 0 bridgehead atoms. The predicted molar refractivity (Wildman–Crippen MR) is 180 cm³/mol. The van der Waals surface area contributed by atoms with Crippen LogP contribution >= 0.6 is 0 Å². The van der Waals surface area contributed by atoms with Crippen molar-refractivity contribution in [2.75, 3.05) is 20.8 Å². The monoisotopic (exact) mass is 629 g/mol. The number of dihydropyridines is 1. The molecule has 2 unspecified atom stereocenters. The fraction of sp³-hybridized carbons (Fsp3) is 0.250. The highest BCUT2D eigenvalue weighted by Gasteiger charge is 2.41. The maximum Gasteiger partial charge on any atom is 0.336 e. The molecule has 0 fully saturated rings. The van der Waals surface area contributed by atoms with Crippen molar-refractivity contribution in [1.29, 1.82) is 0 Å². The first-order valence-electron chi connectivity index (χ1n) is 15.9. The average molecular weight is 630 g/mol. The SMILES string of the molecule is COc1ccc(C2CC(=O)C3=C(C2)NC(C)=C(C(=O)OCCc2ccccc2)C3c2ccc(OCc3ccccc3)c(OC)c2)cc1. The summed E-state index contributed by atoms with van der Waals surface area (Å²) in [6.07, 6.45) is 1.55. The summed E-state index contributed by atoms with van der Waals surface area (Å²) in [5.74, 6) is 0.781. The molecule has 1 aliphatic heterocycles. The zero-order chi connectivity index (χ0) is 32.8. The normalized spacial score (nSPS) is 17.5. The van der Waals surface area contributed by atoms with Gasteiger partial charge in [-0.1, -0.05) is 78.9 Å². The molecule has 0 amide bonds. The summed E-state index contributed by atoms with van der Waals surface area (Å²) in [7, 11) is 3.23. The summed E-state index contributed by atoms with van der Waals surface area (Å²) in [5, 5.41) is 3.45. The molecule has 2 aliphatic rings. The lowest BCUT2D eigenvalue weighted by Crippen LogP contribution is -2.36. The van der Waals surface area contributed by atoms with Crippen molar-refractivity contribution in [1.82, 2.24) is 5.32 Å². The number of carbonyl (C=O) groups is 2. The third-order valence-corrected chi connectivity index (χ3v) is 8.86. The number of ether oxygens (including phenoxy) is 4. The van der Waals surface area contributed by atoms with Gasteiger partial charge in [-0.2, -0.15) is 0 Å². The van der Waals surface area contributed by atoms with Crippen molar-refractivity contribution in [3.05, 3.63) is 148 Å². The Bertz CT molecular complexity index is 1790. The molecule has 1 N–H and O–H groups in total. The highest BCUT2D eigenvalue weighted by Crippen LogP contribution is 2.47. The molecule has 0 aromatic heterocycles. The number of nitrogens with one attached hydrogen (secondary N) is 1. The van der Waals surface area contributed by atoms with Gasteiger partial charge in [0.2, 0.25) is 0 Å². The second-order valence-electron chi connectivity index (χ2n) is 11.8. The molecule has 7 nitrogen and oxygen atoms in total. The van der Waals surface area contributed by atoms with Crippen molar-refractivity contribution >= 4 is 11.8 Å². The Hall–Kier alpha value is -5.30. The van der Waals surface area contributed by atoms with E-state index in [1.54, 1.807) is 14.2 Å². The van der Waals surface area contributed by atoms with Crippen LogP contribution in [-0.2, 0) is 27.4 Å². The number of allylic oxidation sites excluding steroid dienone is 3. The van der Waals surface area contributed by atoms with E-state index in [1.165, 1.54) is 0 Å². The topological polar surface area (TPSA) is 83.1 Å². The summed E-state index contributed by atoms with van der Waals surface area (Å²) < 4.78 is 23.1. The summed E-state index contributed by atoms with van der Waals surface area (Å²) in [6, 6.07) is 33.3. The number of Topliss-reactive ketones (excluding diaryl/α,β-unsaturated/α-hetero) is 1. The van der Waals surface area contributed by atoms with E-state index in [4.69, 9.17) is 18.9 Å². The van der Waals surface area contributed by atoms with E-state index in [9.17, 15) is 9.59 Å². The number of rotatable bonds is 11.